The van der Waals surface area contributed by atoms with E-state index in [9.17, 15) is 14.7 Å². The first-order valence-corrected chi connectivity index (χ1v) is 6.78. The predicted molar refractivity (Wildman–Crippen MR) is 73.5 cm³/mol. The Hall–Kier alpha value is -2.51. The fraction of sp³-hybridized carbons (Fsp3) is 0.462. The Morgan fingerprint density at radius 3 is 2.76 bits per heavy atom. The molecular weight excluding hydrogens is 274 g/mol. The molecule has 0 unspecified atom stereocenters. The second kappa shape index (κ2) is 5.12. The van der Waals surface area contributed by atoms with Crippen LogP contribution in [0.15, 0.2) is 12.7 Å². The van der Waals surface area contributed by atoms with Crippen LogP contribution in [0.25, 0.3) is 11.2 Å². The third kappa shape index (κ3) is 2.44. The lowest BCUT2D eigenvalue weighted by atomic mass is 9.82. The number of carbonyl (C=O) groups excluding carboxylic acids is 1. The van der Waals surface area contributed by atoms with Gasteiger partial charge in [0, 0.05) is 6.42 Å². The molecule has 2 aromatic heterocycles. The molecule has 0 aromatic carbocycles. The number of rotatable bonds is 4. The normalized spacial score (nSPS) is 17.0. The van der Waals surface area contributed by atoms with E-state index in [4.69, 9.17) is 0 Å². The van der Waals surface area contributed by atoms with E-state index in [1.165, 1.54) is 12.7 Å². The molecule has 8 nitrogen and oxygen atoms in total. The van der Waals surface area contributed by atoms with E-state index in [0.717, 1.165) is 12.8 Å². The highest BCUT2D eigenvalue weighted by molar-refractivity contribution is 5.98. The Kier molecular flexibility index (Phi) is 3.28. The Morgan fingerprint density at radius 2 is 2.05 bits per heavy atom. The lowest BCUT2D eigenvalue weighted by Gasteiger charge is -2.22. The van der Waals surface area contributed by atoms with Crippen LogP contribution in [-0.2, 0) is 9.59 Å². The minimum Gasteiger partial charge on any atom is -0.481 e. The fourth-order valence-electron chi connectivity index (χ4n) is 2.86. The molecule has 0 spiro atoms. The molecular formula is C13H15N5O3. The fourth-order valence-corrected chi connectivity index (χ4v) is 2.86. The molecule has 0 bridgehead atoms. The average Bonchev–Trinajstić information content (AvgIpc) is 3.08. The maximum absolute atomic E-state index is 12.2. The van der Waals surface area contributed by atoms with Crippen molar-refractivity contribution in [3.8, 4) is 0 Å². The van der Waals surface area contributed by atoms with Gasteiger partial charge in [-0.2, -0.15) is 0 Å². The summed E-state index contributed by atoms with van der Waals surface area (Å²) in [5.74, 6) is -0.931. The number of H-pyrrole nitrogens is 1. The lowest BCUT2D eigenvalue weighted by molar-refractivity contribution is -0.150. The monoisotopic (exact) mass is 289 g/mol. The first kappa shape index (κ1) is 13.5. The minimum atomic E-state index is -0.940. The summed E-state index contributed by atoms with van der Waals surface area (Å²) in [5.41, 5.74) is 0.0419. The smallest absolute Gasteiger partial charge is 0.310 e. The van der Waals surface area contributed by atoms with Gasteiger partial charge in [0.25, 0.3) is 0 Å². The molecule has 0 atom stereocenters. The number of aromatic amines is 1. The van der Waals surface area contributed by atoms with E-state index in [-0.39, 0.29) is 12.3 Å². The zero-order chi connectivity index (χ0) is 14.9. The Bertz CT molecular complexity index is 690. The number of nitrogens with zero attached hydrogens (tertiary/aromatic N) is 3. The molecule has 2 heterocycles. The van der Waals surface area contributed by atoms with Crippen molar-refractivity contribution < 1.29 is 14.7 Å². The van der Waals surface area contributed by atoms with Crippen LogP contribution in [0.5, 0.6) is 0 Å². The van der Waals surface area contributed by atoms with Crippen LogP contribution in [0, 0.1) is 5.41 Å². The molecule has 1 fully saturated rings. The Morgan fingerprint density at radius 1 is 1.29 bits per heavy atom. The molecule has 1 amide bonds. The summed E-state index contributed by atoms with van der Waals surface area (Å²) in [7, 11) is 0. The van der Waals surface area contributed by atoms with Crippen molar-refractivity contribution >= 4 is 28.9 Å². The van der Waals surface area contributed by atoms with Gasteiger partial charge in [-0.05, 0) is 12.8 Å². The zero-order valence-electron chi connectivity index (χ0n) is 11.3. The van der Waals surface area contributed by atoms with Crippen LogP contribution >= 0.6 is 0 Å². The third-order valence-electron chi connectivity index (χ3n) is 3.99. The van der Waals surface area contributed by atoms with Crippen LogP contribution in [0.4, 0.5) is 5.82 Å². The molecule has 1 saturated carbocycles. The molecule has 2 aromatic rings. The number of amides is 1. The molecule has 1 aliphatic rings. The number of carboxylic acid groups (broad SMARTS) is 1. The SMILES string of the molecule is O=C(CC1(C(=O)O)CCCC1)Nc1ncnc2nc[nH]c12. The largest absolute Gasteiger partial charge is 0.481 e. The highest BCUT2D eigenvalue weighted by Crippen LogP contribution is 2.41. The van der Waals surface area contributed by atoms with Gasteiger partial charge in [0.05, 0.1) is 11.7 Å². The van der Waals surface area contributed by atoms with Crippen molar-refractivity contribution in [1.29, 1.82) is 0 Å². The van der Waals surface area contributed by atoms with Gasteiger partial charge >= 0.3 is 5.97 Å². The van der Waals surface area contributed by atoms with Crippen molar-refractivity contribution in [2.24, 2.45) is 5.41 Å². The van der Waals surface area contributed by atoms with E-state index in [2.05, 4.69) is 25.3 Å². The standard InChI is InChI=1S/C13H15N5O3/c19-8(5-13(12(20)21)3-1-2-4-13)18-11-9-10(15-6-14-9)16-7-17-11/h6-7H,1-5H2,(H,20,21)(H2,14,15,16,17,18,19). The van der Waals surface area contributed by atoms with Crippen LogP contribution < -0.4 is 5.32 Å². The van der Waals surface area contributed by atoms with Crippen LogP contribution in [0.3, 0.4) is 0 Å². The number of aliphatic carboxylic acids is 1. The van der Waals surface area contributed by atoms with Crippen LogP contribution in [0.2, 0.25) is 0 Å². The number of carbonyl (C=O) groups is 2. The van der Waals surface area contributed by atoms with E-state index in [1.54, 1.807) is 0 Å². The second-order valence-corrected chi connectivity index (χ2v) is 5.34. The van der Waals surface area contributed by atoms with E-state index in [1.807, 2.05) is 0 Å². The third-order valence-corrected chi connectivity index (χ3v) is 3.99. The first-order valence-electron chi connectivity index (χ1n) is 6.78. The molecule has 21 heavy (non-hydrogen) atoms. The van der Waals surface area contributed by atoms with Gasteiger partial charge in [-0.1, -0.05) is 12.8 Å². The van der Waals surface area contributed by atoms with Crippen molar-refractivity contribution in [2.75, 3.05) is 5.32 Å². The van der Waals surface area contributed by atoms with E-state index < -0.39 is 11.4 Å². The van der Waals surface area contributed by atoms with Gasteiger partial charge in [-0.25, -0.2) is 15.0 Å². The summed E-state index contributed by atoms with van der Waals surface area (Å²) in [6.45, 7) is 0. The highest BCUT2D eigenvalue weighted by atomic mass is 16.4. The van der Waals surface area contributed by atoms with Crippen LogP contribution in [-0.4, -0.2) is 36.9 Å². The second-order valence-electron chi connectivity index (χ2n) is 5.34. The number of imidazole rings is 1. The maximum Gasteiger partial charge on any atom is 0.310 e. The summed E-state index contributed by atoms with van der Waals surface area (Å²) in [6.07, 6.45) is 5.50. The van der Waals surface area contributed by atoms with Crippen molar-refractivity contribution in [3.63, 3.8) is 0 Å². The number of fused-ring (bicyclic) bond motifs is 1. The van der Waals surface area contributed by atoms with Crippen LogP contribution in [0.1, 0.15) is 32.1 Å². The predicted octanol–water partition coefficient (Wildman–Crippen LogP) is 1.33. The minimum absolute atomic E-state index is 0.0397. The zero-order valence-corrected chi connectivity index (χ0v) is 11.3. The summed E-state index contributed by atoms with van der Waals surface area (Å²) < 4.78 is 0. The van der Waals surface area contributed by atoms with E-state index >= 15 is 0 Å². The van der Waals surface area contributed by atoms with Crippen molar-refractivity contribution in [1.82, 2.24) is 19.9 Å². The van der Waals surface area contributed by atoms with Crippen molar-refractivity contribution in [2.45, 2.75) is 32.1 Å². The number of aromatic nitrogens is 4. The van der Waals surface area contributed by atoms with Gasteiger partial charge in [-0.3, -0.25) is 9.59 Å². The summed E-state index contributed by atoms with van der Waals surface area (Å²) in [6, 6.07) is 0. The quantitative estimate of drug-likeness (QED) is 0.780. The number of nitrogens with one attached hydrogen (secondary N) is 2. The topological polar surface area (TPSA) is 121 Å². The van der Waals surface area contributed by atoms with Gasteiger partial charge in [-0.15, -0.1) is 0 Å². The Balaban J connectivity index is 1.77. The molecule has 3 N–H and O–H groups in total. The maximum atomic E-state index is 12.2. The average molecular weight is 289 g/mol. The summed E-state index contributed by atoms with van der Waals surface area (Å²) in [5, 5.41) is 12.0. The highest BCUT2D eigenvalue weighted by Gasteiger charge is 2.43. The molecule has 0 saturated heterocycles. The number of carboxylic acids is 1. The molecule has 0 radical (unpaired) electrons. The lowest BCUT2D eigenvalue weighted by Crippen LogP contribution is -2.32. The van der Waals surface area contributed by atoms with Gasteiger partial charge in [0.15, 0.2) is 11.5 Å². The number of hydrogen-bond acceptors (Lipinski definition) is 5. The molecule has 0 aliphatic heterocycles. The molecule has 8 heteroatoms. The molecule has 110 valence electrons. The van der Waals surface area contributed by atoms with Gasteiger partial charge < -0.3 is 15.4 Å². The van der Waals surface area contributed by atoms with Crippen molar-refractivity contribution in [3.05, 3.63) is 12.7 Å². The Labute approximate surface area is 120 Å². The first-order chi connectivity index (χ1) is 10.1. The van der Waals surface area contributed by atoms with Gasteiger partial charge in [0.2, 0.25) is 5.91 Å². The summed E-state index contributed by atoms with van der Waals surface area (Å²) >= 11 is 0. The number of anilines is 1. The molecule has 3 rings (SSSR count). The summed E-state index contributed by atoms with van der Waals surface area (Å²) in [4.78, 5) is 38.4. The van der Waals surface area contributed by atoms with E-state index in [0.29, 0.717) is 29.8 Å². The molecule has 1 aliphatic carbocycles. The van der Waals surface area contributed by atoms with Gasteiger partial charge in [0.1, 0.15) is 11.8 Å². The number of hydrogen-bond donors (Lipinski definition) is 3.